The van der Waals surface area contributed by atoms with Crippen molar-refractivity contribution in [3.05, 3.63) is 28.8 Å². The van der Waals surface area contributed by atoms with Gasteiger partial charge in [0.15, 0.2) is 0 Å². The van der Waals surface area contributed by atoms with Gasteiger partial charge in [0, 0.05) is 17.1 Å². The Morgan fingerprint density at radius 1 is 1.10 bits per heavy atom. The first-order valence-electron chi connectivity index (χ1n) is 6.18. The second kappa shape index (κ2) is 8.49. The minimum atomic E-state index is -0.445. The van der Waals surface area contributed by atoms with Crippen molar-refractivity contribution in [1.29, 1.82) is 0 Å². The molecule has 0 aliphatic rings. The van der Waals surface area contributed by atoms with E-state index in [9.17, 15) is 9.59 Å². The van der Waals surface area contributed by atoms with E-state index in [-0.39, 0.29) is 13.1 Å². The molecule has 116 valence electrons. The summed E-state index contributed by atoms with van der Waals surface area (Å²) in [5.74, 6) is -0.265. The molecule has 6 nitrogen and oxygen atoms in total. The number of rotatable bonds is 7. The zero-order valence-electron chi connectivity index (χ0n) is 12.2. The molecule has 0 fully saturated rings. The van der Waals surface area contributed by atoms with Crippen LogP contribution in [0.15, 0.2) is 18.2 Å². The van der Waals surface area contributed by atoms with E-state index in [1.165, 1.54) is 21.3 Å². The van der Waals surface area contributed by atoms with E-state index in [1.807, 2.05) is 0 Å². The van der Waals surface area contributed by atoms with Gasteiger partial charge in [0.2, 0.25) is 0 Å². The van der Waals surface area contributed by atoms with Gasteiger partial charge in [0.1, 0.15) is 5.75 Å². The molecule has 0 unspecified atom stereocenters. The number of hydrogen-bond donors (Lipinski definition) is 0. The first-order valence-corrected chi connectivity index (χ1v) is 6.56. The van der Waals surface area contributed by atoms with Crippen LogP contribution in [0.3, 0.4) is 0 Å². The summed E-state index contributed by atoms with van der Waals surface area (Å²) >= 11 is 5.97. The van der Waals surface area contributed by atoms with Gasteiger partial charge in [-0.3, -0.25) is 14.5 Å². The largest absolute Gasteiger partial charge is 0.496 e. The molecule has 0 bridgehead atoms. The standard InChI is InChI=1S/C14H18ClNO5/c1-19-12-5-4-11(15)6-10(12)7-16(8-13(17)20-2)9-14(18)21-3/h4-6H,7-9H2,1-3H3. The molecular weight excluding hydrogens is 298 g/mol. The van der Waals surface area contributed by atoms with Crippen LogP contribution in [-0.2, 0) is 25.6 Å². The molecule has 1 aromatic carbocycles. The van der Waals surface area contributed by atoms with Crippen molar-refractivity contribution in [3.63, 3.8) is 0 Å². The molecule has 0 saturated heterocycles. The van der Waals surface area contributed by atoms with Crippen LogP contribution in [0.5, 0.6) is 5.75 Å². The molecule has 0 saturated carbocycles. The van der Waals surface area contributed by atoms with Crippen LogP contribution < -0.4 is 4.74 Å². The number of carbonyl (C=O) groups is 2. The number of halogens is 1. The van der Waals surface area contributed by atoms with Gasteiger partial charge in [-0.1, -0.05) is 11.6 Å². The molecular formula is C14H18ClNO5. The van der Waals surface area contributed by atoms with E-state index in [0.717, 1.165) is 5.56 Å². The first-order chi connectivity index (χ1) is 9.99. The second-order valence-corrected chi connectivity index (χ2v) is 4.69. The number of carbonyl (C=O) groups excluding carboxylic acids is 2. The molecule has 1 rings (SSSR count). The topological polar surface area (TPSA) is 65.1 Å². The number of hydrogen-bond acceptors (Lipinski definition) is 6. The van der Waals surface area contributed by atoms with Crippen molar-refractivity contribution < 1.29 is 23.8 Å². The predicted octanol–water partition coefficient (Wildman–Crippen LogP) is 1.50. The molecule has 0 heterocycles. The summed E-state index contributed by atoms with van der Waals surface area (Å²) in [6.45, 7) is 0.219. The Morgan fingerprint density at radius 3 is 2.14 bits per heavy atom. The lowest BCUT2D eigenvalue weighted by Crippen LogP contribution is -2.35. The minimum absolute atomic E-state index is 0.0404. The quantitative estimate of drug-likeness (QED) is 0.710. The number of methoxy groups -OCH3 is 3. The zero-order chi connectivity index (χ0) is 15.8. The maximum atomic E-state index is 11.4. The van der Waals surface area contributed by atoms with Crippen molar-refractivity contribution in [1.82, 2.24) is 4.90 Å². The molecule has 0 aliphatic carbocycles. The maximum absolute atomic E-state index is 11.4. The Balaban J connectivity index is 2.91. The lowest BCUT2D eigenvalue weighted by atomic mass is 10.2. The fraction of sp³-hybridized carbons (Fsp3) is 0.429. The summed E-state index contributed by atoms with van der Waals surface area (Å²) in [6.07, 6.45) is 0. The molecule has 0 amide bonds. The van der Waals surface area contributed by atoms with Gasteiger partial charge in [-0.05, 0) is 18.2 Å². The van der Waals surface area contributed by atoms with Crippen LogP contribution in [0, 0.1) is 0 Å². The van der Waals surface area contributed by atoms with Gasteiger partial charge in [0.05, 0.1) is 34.4 Å². The van der Waals surface area contributed by atoms with E-state index in [4.69, 9.17) is 16.3 Å². The highest BCUT2D eigenvalue weighted by Gasteiger charge is 2.17. The summed E-state index contributed by atoms with van der Waals surface area (Å²) in [6, 6.07) is 5.16. The Morgan fingerprint density at radius 2 is 1.67 bits per heavy atom. The average Bonchev–Trinajstić information content (AvgIpc) is 2.47. The second-order valence-electron chi connectivity index (χ2n) is 4.25. The van der Waals surface area contributed by atoms with Gasteiger partial charge >= 0.3 is 11.9 Å². The monoisotopic (exact) mass is 315 g/mol. The molecule has 0 aromatic heterocycles. The highest BCUT2D eigenvalue weighted by Crippen LogP contribution is 2.24. The van der Waals surface area contributed by atoms with E-state index >= 15 is 0 Å². The van der Waals surface area contributed by atoms with Gasteiger partial charge in [-0.2, -0.15) is 0 Å². The average molecular weight is 316 g/mol. The third-order valence-corrected chi connectivity index (χ3v) is 3.03. The van der Waals surface area contributed by atoms with Crippen LogP contribution in [0.25, 0.3) is 0 Å². The van der Waals surface area contributed by atoms with Crippen LogP contribution in [0.2, 0.25) is 5.02 Å². The summed E-state index contributed by atoms with van der Waals surface area (Å²) in [7, 11) is 4.12. The Hall–Kier alpha value is -1.79. The third-order valence-electron chi connectivity index (χ3n) is 2.80. The molecule has 7 heteroatoms. The first kappa shape index (κ1) is 17.3. The van der Waals surface area contributed by atoms with E-state index in [0.29, 0.717) is 17.3 Å². The van der Waals surface area contributed by atoms with Crippen LogP contribution >= 0.6 is 11.6 Å². The highest BCUT2D eigenvalue weighted by atomic mass is 35.5. The van der Waals surface area contributed by atoms with Crippen molar-refractivity contribution >= 4 is 23.5 Å². The smallest absolute Gasteiger partial charge is 0.319 e. The van der Waals surface area contributed by atoms with E-state index in [1.54, 1.807) is 23.1 Å². The summed E-state index contributed by atoms with van der Waals surface area (Å²) in [4.78, 5) is 24.4. The fourth-order valence-electron chi connectivity index (χ4n) is 1.77. The molecule has 0 atom stereocenters. The summed E-state index contributed by atoms with van der Waals surface area (Å²) < 4.78 is 14.5. The molecule has 0 aliphatic heterocycles. The van der Waals surface area contributed by atoms with Crippen molar-refractivity contribution in [2.45, 2.75) is 6.54 Å². The minimum Gasteiger partial charge on any atom is -0.496 e. The SMILES string of the molecule is COC(=O)CN(CC(=O)OC)Cc1cc(Cl)ccc1OC. The number of ether oxygens (including phenoxy) is 3. The van der Waals surface area contributed by atoms with Gasteiger partial charge in [-0.15, -0.1) is 0 Å². The molecule has 21 heavy (non-hydrogen) atoms. The van der Waals surface area contributed by atoms with Crippen molar-refractivity contribution in [2.75, 3.05) is 34.4 Å². The molecule has 1 aromatic rings. The van der Waals surface area contributed by atoms with Gasteiger partial charge in [-0.25, -0.2) is 0 Å². The van der Waals surface area contributed by atoms with Gasteiger partial charge in [0.25, 0.3) is 0 Å². The van der Waals surface area contributed by atoms with Crippen LogP contribution in [-0.4, -0.2) is 51.3 Å². The lowest BCUT2D eigenvalue weighted by molar-refractivity contribution is -0.145. The normalized spacial score (nSPS) is 10.3. The third kappa shape index (κ3) is 5.61. The zero-order valence-corrected chi connectivity index (χ0v) is 13.0. The predicted molar refractivity (Wildman–Crippen MR) is 77.3 cm³/mol. The summed E-state index contributed by atoms with van der Waals surface area (Å²) in [5.41, 5.74) is 0.762. The summed E-state index contributed by atoms with van der Waals surface area (Å²) in [5, 5.41) is 0.543. The Kier molecular flexibility index (Phi) is 6.98. The van der Waals surface area contributed by atoms with E-state index in [2.05, 4.69) is 9.47 Å². The van der Waals surface area contributed by atoms with Crippen molar-refractivity contribution in [3.8, 4) is 5.75 Å². The fourth-order valence-corrected chi connectivity index (χ4v) is 1.97. The van der Waals surface area contributed by atoms with Crippen molar-refractivity contribution in [2.24, 2.45) is 0 Å². The van der Waals surface area contributed by atoms with E-state index < -0.39 is 11.9 Å². The Bertz CT molecular complexity index is 488. The number of benzene rings is 1. The molecule has 0 N–H and O–H groups in total. The van der Waals surface area contributed by atoms with Crippen LogP contribution in [0.4, 0.5) is 0 Å². The number of nitrogens with zero attached hydrogens (tertiary/aromatic N) is 1. The molecule has 0 spiro atoms. The van der Waals surface area contributed by atoms with Gasteiger partial charge < -0.3 is 14.2 Å². The van der Waals surface area contributed by atoms with Crippen LogP contribution in [0.1, 0.15) is 5.56 Å². The molecule has 0 radical (unpaired) electrons. The highest BCUT2D eigenvalue weighted by molar-refractivity contribution is 6.30. The maximum Gasteiger partial charge on any atom is 0.319 e. The number of esters is 2. The lowest BCUT2D eigenvalue weighted by Gasteiger charge is -2.21. The Labute approximate surface area is 128 Å².